The van der Waals surface area contributed by atoms with Crippen LogP contribution in [0.1, 0.15) is 22.8 Å². The van der Waals surface area contributed by atoms with Gasteiger partial charge in [-0.05, 0) is 17.7 Å². The minimum Gasteiger partial charge on any atom is -0.454 e. The van der Waals surface area contributed by atoms with E-state index in [4.69, 9.17) is 9.47 Å². The highest BCUT2D eigenvalue weighted by Gasteiger charge is 2.31. The molecular weight excluding hydrogens is 290 g/mol. The van der Waals surface area contributed by atoms with Crippen LogP contribution in [0.5, 0.6) is 11.5 Å². The molecule has 0 unspecified atom stereocenters. The van der Waals surface area contributed by atoms with E-state index >= 15 is 0 Å². The Kier molecular flexibility index (Phi) is 2.75. The number of carbonyl (C=O) groups excluding carboxylic acids is 1. The maximum Gasteiger partial charge on any atom is 0.231 e. The number of carbonyl (C=O) groups is 1. The second-order valence-electron chi connectivity index (χ2n) is 4.90. The highest BCUT2D eigenvalue weighted by molar-refractivity contribution is 7.16. The van der Waals surface area contributed by atoms with Crippen molar-refractivity contribution in [2.45, 2.75) is 12.3 Å². The van der Waals surface area contributed by atoms with Crippen molar-refractivity contribution >= 4 is 28.2 Å². The fraction of sp³-hybridized carbons (Fsp3) is 0.286. The van der Waals surface area contributed by atoms with E-state index in [1.54, 1.807) is 11.3 Å². The van der Waals surface area contributed by atoms with E-state index in [0.717, 1.165) is 27.1 Å². The lowest BCUT2D eigenvalue weighted by Gasteiger charge is -2.21. The van der Waals surface area contributed by atoms with Gasteiger partial charge in [0.15, 0.2) is 16.6 Å². The number of hydrogen-bond acceptors (Lipinski definition) is 6. The number of anilines is 2. The molecular formula is C14H13N3O3S. The Bertz CT molecular complexity index is 728. The summed E-state index contributed by atoms with van der Waals surface area (Å²) < 4.78 is 10.8. The summed E-state index contributed by atoms with van der Waals surface area (Å²) in [5, 5.41) is 6.65. The lowest BCUT2D eigenvalue weighted by Crippen LogP contribution is -2.22. The second-order valence-corrected chi connectivity index (χ2v) is 5.93. The number of aromatic nitrogens is 1. The average Bonchev–Trinajstić information content (AvgIpc) is 3.11. The molecule has 2 aromatic rings. The van der Waals surface area contributed by atoms with Gasteiger partial charge in [-0.2, -0.15) is 0 Å². The fourth-order valence-electron chi connectivity index (χ4n) is 2.62. The predicted octanol–water partition coefficient (Wildman–Crippen LogP) is 2.39. The van der Waals surface area contributed by atoms with Crippen molar-refractivity contribution in [2.24, 2.45) is 0 Å². The van der Waals surface area contributed by atoms with Gasteiger partial charge in [0.1, 0.15) is 5.82 Å². The van der Waals surface area contributed by atoms with Gasteiger partial charge in [0.25, 0.3) is 0 Å². The molecule has 1 amide bonds. The van der Waals surface area contributed by atoms with Crippen molar-refractivity contribution in [3.05, 3.63) is 28.6 Å². The van der Waals surface area contributed by atoms with Crippen LogP contribution in [0.3, 0.4) is 0 Å². The number of hydrogen-bond donors (Lipinski definition) is 2. The van der Waals surface area contributed by atoms with Crippen LogP contribution < -0.4 is 20.1 Å². The summed E-state index contributed by atoms with van der Waals surface area (Å²) >= 11 is 1.56. The molecule has 0 radical (unpaired) electrons. The molecule has 21 heavy (non-hydrogen) atoms. The molecule has 0 bridgehead atoms. The number of ether oxygens (including phenoxy) is 2. The number of fused-ring (bicyclic) bond motifs is 2. The van der Waals surface area contributed by atoms with E-state index in [9.17, 15) is 4.79 Å². The smallest absolute Gasteiger partial charge is 0.231 e. The Balaban J connectivity index is 1.78. The van der Waals surface area contributed by atoms with Crippen LogP contribution in [-0.4, -0.2) is 24.7 Å². The Morgan fingerprint density at radius 2 is 2.24 bits per heavy atom. The van der Waals surface area contributed by atoms with Crippen LogP contribution in [0.15, 0.2) is 18.2 Å². The standard InChI is InChI=1S/C14H13N3O3S/c1-15-14-17-13-12(21-14)8(5-11(18)16-13)7-2-3-9-10(4-7)20-6-19-9/h2-4,8H,5-6H2,1H3,(H,15,17)(H,16,18)/t8-/m1/s1. The van der Waals surface area contributed by atoms with E-state index in [1.807, 2.05) is 25.2 Å². The van der Waals surface area contributed by atoms with Gasteiger partial charge in [-0.3, -0.25) is 4.79 Å². The van der Waals surface area contributed by atoms with E-state index in [1.165, 1.54) is 0 Å². The molecule has 3 heterocycles. The average molecular weight is 303 g/mol. The summed E-state index contributed by atoms with van der Waals surface area (Å²) in [6.45, 7) is 0.250. The van der Waals surface area contributed by atoms with Gasteiger partial charge in [0.05, 0.1) is 4.88 Å². The van der Waals surface area contributed by atoms with Crippen LogP contribution in [0.25, 0.3) is 0 Å². The summed E-state index contributed by atoms with van der Waals surface area (Å²) in [7, 11) is 1.82. The molecule has 0 fully saturated rings. The first-order valence-corrected chi connectivity index (χ1v) is 7.44. The number of nitrogens with one attached hydrogen (secondary N) is 2. The minimum atomic E-state index is -0.0156. The van der Waals surface area contributed by atoms with Crippen molar-refractivity contribution < 1.29 is 14.3 Å². The summed E-state index contributed by atoms with van der Waals surface area (Å²) in [4.78, 5) is 17.4. The van der Waals surface area contributed by atoms with E-state index in [2.05, 4.69) is 15.6 Å². The molecule has 1 atom stereocenters. The van der Waals surface area contributed by atoms with Gasteiger partial charge >= 0.3 is 0 Å². The van der Waals surface area contributed by atoms with Crippen LogP contribution in [-0.2, 0) is 4.79 Å². The highest BCUT2D eigenvalue weighted by atomic mass is 32.1. The monoisotopic (exact) mass is 303 g/mol. The molecule has 7 heteroatoms. The molecule has 108 valence electrons. The van der Waals surface area contributed by atoms with Crippen molar-refractivity contribution in [3.63, 3.8) is 0 Å². The third kappa shape index (κ3) is 2.01. The summed E-state index contributed by atoms with van der Waals surface area (Å²) in [6.07, 6.45) is 0.415. The summed E-state index contributed by atoms with van der Waals surface area (Å²) in [6, 6.07) is 5.83. The first-order valence-electron chi connectivity index (χ1n) is 6.62. The van der Waals surface area contributed by atoms with Gasteiger partial charge in [0, 0.05) is 19.4 Å². The fourth-order valence-corrected chi connectivity index (χ4v) is 3.63. The topological polar surface area (TPSA) is 72.5 Å². The lowest BCUT2D eigenvalue weighted by molar-refractivity contribution is -0.116. The zero-order valence-electron chi connectivity index (χ0n) is 11.3. The first kappa shape index (κ1) is 12.5. The number of amides is 1. The second kappa shape index (κ2) is 4.63. The quantitative estimate of drug-likeness (QED) is 0.891. The Hall–Kier alpha value is -2.28. The summed E-state index contributed by atoms with van der Waals surface area (Å²) in [5.74, 6) is 2.13. The maximum absolute atomic E-state index is 11.9. The van der Waals surface area contributed by atoms with Gasteiger partial charge in [-0.15, -0.1) is 0 Å². The van der Waals surface area contributed by atoms with Gasteiger partial charge in [0.2, 0.25) is 12.7 Å². The van der Waals surface area contributed by atoms with Gasteiger partial charge in [-0.25, -0.2) is 4.98 Å². The van der Waals surface area contributed by atoms with E-state index < -0.39 is 0 Å². The van der Waals surface area contributed by atoms with Crippen molar-refractivity contribution in [1.82, 2.24) is 4.98 Å². The van der Waals surface area contributed by atoms with E-state index in [0.29, 0.717) is 12.2 Å². The number of thiazole rings is 1. The first-order chi connectivity index (χ1) is 10.2. The number of nitrogens with zero attached hydrogens (tertiary/aromatic N) is 1. The van der Waals surface area contributed by atoms with Gasteiger partial charge in [-0.1, -0.05) is 17.4 Å². The third-order valence-electron chi connectivity index (χ3n) is 3.63. The van der Waals surface area contributed by atoms with Crippen LogP contribution in [0.4, 0.5) is 10.9 Å². The molecule has 2 N–H and O–H groups in total. The van der Waals surface area contributed by atoms with E-state index in [-0.39, 0.29) is 18.6 Å². The minimum absolute atomic E-state index is 0.00264. The third-order valence-corrected chi connectivity index (χ3v) is 4.82. The lowest BCUT2D eigenvalue weighted by atomic mass is 9.91. The SMILES string of the molecule is CNc1nc2c(s1)[C@@H](c1ccc3c(c1)OCO3)CC(=O)N2. The molecule has 1 aromatic heterocycles. The molecule has 0 saturated carbocycles. The normalized spacial score (nSPS) is 19.1. The van der Waals surface area contributed by atoms with Crippen molar-refractivity contribution in [3.8, 4) is 11.5 Å². The Morgan fingerprint density at radius 1 is 1.38 bits per heavy atom. The Labute approximate surface area is 125 Å². The highest BCUT2D eigenvalue weighted by Crippen LogP contribution is 2.44. The molecule has 0 saturated heterocycles. The molecule has 1 aromatic carbocycles. The molecule has 2 aliphatic rings. The molecule has 2 aliphatic heterocycles. The molecule has 0 spiro atoms. The zero-order valence-corrected chi connectivity index (χ0v) is 12.1. The summed E-state index contributed by atoms with van der Waals surface area (Å²) in [5.41, 5.74) is 1.04. The van der Waals surface area contributed by atoms with Crippen molar-refractivity contribution in [1.29, 1.82) is 0 Å². The molecule has 4 rings (SSSR count). The number of rotatable bonds is 2. The molecule has 0 aliphatic carbocycles. The maximum atomic E-state index is 11.9. The van der Waals surface area contributed by atoms with Crippen LogP contribution in [0, 0.1) is 0 Å². The predicted molar refractivity (Wildman–Crippen MR) is 79.3 cm³/mol. The zero-order chi connectivity index (χ0) is 14.4. The Morgan fingerprint density at radius 3 is 3.10 bits per heavy atom. The van der Waals surface area contributed by atoms with Crippen molar-refractivity contribution in [2.75, 3.05) is 24.5 Å². The largest absolute Gasteiger partial charge is 0.454 e. The van der Waals surface area contributed by atoms with Gasteiger partial charge < -0.3 is 20.1 Å². The van der Waals surface area contributed by atoms with Crippen LogP contribution >= 0.6 is 11.3 Å². The number of benzene rings is 1. The van der Waals surface area contributed by atoms with Crippen LogP contribution in [0.2, 0.25) is 0 Å². The molecule has 6 nitrogen and oxygen atoms in total.